The van der Waals surface area contributed by atoms with Crippen molar-refractivity contribution in [2.75, 3.05) is 20.3 Å². The van der Waals surface area contributed by atoms with Gasteiger partial charge in [-0.15, -0.1) is 0 Å². The molecule has 0 bridgehead atoms. The summed E-state index contributed by atoms with van der Waals surface area (Å²) in [5.41, 5.74) is 9.69. The molecule has 2 N–H and O–H groups in total. The van der Waals surface area contributed by atoms with Crippen LogP contribution in [-0.2, 0) is 16.1 Å². The van der Waals surface area contributed by atoms with E-state index < -0.39 is 0 Å². The lowest BCUT2D eigenvalue weighted by Crippen LogP contribution is -2.44. The summed E-state index contributed by atoms with van der Waals surface area (Å²) in [4.78, 5) is 15.4. The highest BCUT2D eigenvalue weighted by Crippen LogP contribution is 2.26. The highest BCUT2D eigenvalue weighted by molar-refractivity contribution is 6.01. The van der Waals surface area contributed by atoms with Crippen molar-refractivity contribution in [2.24, 2.45) is 15.7 Å². The first-order valence-electron chi connectivity index (χ1n) is 10.4. The third-order valence-electron chi connectivity index (χ3n) is 5.46. The summed E-state index contributed by atoms with van der Waals surface area (Å²) in [5, 5.41) is 4.18. The SMILES string of the molecule is Cc1ccc(-c2noc(C)c2COC2=CN(C)C(C(N)=NC3CCOCC3)C=N2)cn1. The Bertz CT molecular complexity index is 989. The van der Waals surface area contributed by atoms with Crippen LogP contribution in [0.4, 0.5) is 0 Å². The van der Waals surface area contributed by atoms with Crippen molar-refractivity contribution in [3.63, 3.8) is 0 Å². The number of likely N-dealkylation sites (N-methyl/N-ethyl adjacent to an activating group) is 1. The van der Waals surface area contributed by atoms with Gasteiger partial charge in [-0.1, -0.05) is 5.16 Å². The monoisotopic (exact) mass is 424 g/mol. The van der Waals surface area contributed by atoms with E-state index >= 15 is 0 Å². The minimum Gasteiger partial charge on any atom is -0.472 e. The number of nitrogens with two attached hydrogens (primary N) is 1. The molecule has 164 valence electrons. The molecule has 2 aromatic rings. The number of amidine groups is 1. The molecular formula is C22H28N6O3. The number of hydrogen-bond donors (Lipinski definition) is 1. The number of pyridine rings is 1. The van der Waals surface area contributed by atoms with Gasteiger partial charge in [-0.2, -0.15) is 0 Å². The molecular weight excluding hydrogens is 396 g/mol. The molecule has 2 aromatic heterocycles. The Kier molecular flexibility index (Phi) is 6.31. The van der Waals surface area contributed by atoms with Crippen LogP contribution in [0, 0.1) is 13.8 Å². The molecule has 0 aromatic carbocycles. The van der Waals surface area contributed by atoms with Crippen molar-refractivity contribution in [2.45, 2.75) is 45.4 Å². The Balaban J connectivity index is 1.41. The molecule has 1 atom stereocenters. The number of ether oxygens (including phenoxy) is 2. The average molecular weight is 425 g/mol. The molecule has 0 aliphatic carbocycles. The summed E-state index contributed by atoms with van der Waals surface area (Å²) >= 11 is 0. The molecule has 9 heteroatoms. The van der Waals surface area contributed by atoms with Crippen molar-refractivity contribution in [3.05, 3.63) is 47.4 Å². The lowest BCUT2D eigenvalue weighted by atomic mass is 10.1. The van der Waals surface area contributed by atoms with Crippen LogP contribution in [0.5, 0.6) is 0 Å². The molecule has 2 aliphatic rings. The Morgan fingerprint density at radius 3 is 2.81 bits per heavy atom. The first-order chi connectivity index (χ1) is 15.0. The fourth-order valence-electron chi connectivity index (χ4n) is 3.54. The summed E-state index contributed by atoms with van der Waals surface area (Å²) in [6.07, 6.45) is 7.17. The number of aryl methyl sites for hydroxylation is 2. The predicted octanol–water partition coefficient (Wildman–Crippen LogP) is 2.59. The standard InChI is InChI=1S/C22H28N6O3/c1-14-4-5-16(10-24-14)21-18(15(2)31-27-21)13-30-20-12-28(3)19(11-25-20)22(23)26-17-6-8-29-9-7-17/h4-5,10-12,17,19H,6-9,13H2,1-3H3,(H2,23,26). The van der Waals surface area contributed by atoms with Gasteiger partial charge in [0.25, 0.3) is 0 Å². The van der Waals surface area contributed by atoms with Crippen molar-refractivity contribution in [1.82, 2.24) is 15.0 Å². The van der Waals surface area contributed by atoms with Gasteiger partial charge < -0.3 is 24.6 Å². The zero-order valence-electron chi connectivity index (χ0n) is 18.1. The Labute approximate surface area is 181 Å². The minimum absolute atomic E-state index is 0.193. The van der Waals surface area contributed by atoms with Gasteiger partial charge in [0.2, 0.25) is 5.88 Å². The number of aliphatic imine (C=N–C) groups is 2. The molecule has 0 saturated carbocycles. The quantitative estimate of drug-likeness (QED) is 0.560. The van der Waals surface area contributed by atoms with Crippen LogP contribution in [0.15, 0.2) is 44.9 Å². The van der Waals surface area contributed by atoms with Crippen molar-refractivity contribution >= 4 is 12.1 Å². The fraction of sp³-hybridized carbons (Fsp3) is 0.455. The third kappa shape index (κ3) is 4.93. The van der Waals surface area contributed by atoms with E-state index in [0.717, 1.165) is 48.6 Å². The molecule has 1 saturated heterocycles. The number of aromatic nitrogens is 2. The summed E-state index contributed by atoms with van der Waals surface area (Å²) in [6.45, 7) is 5.56. The lowest BCUT2D eigenvalue weighted by molar-refractivity contribution is 0.0870. The number of hydrogen-bond acceptors (Lipinski definition) is 8. The topological polar surface area (TPSA) is 111 Å². The second kappa shape index (κ2) is 9.30. The number of rotatable bonds is 6. The Morgan fingerprint density at radius 2 is 2.10 bits per heavy atom. The molecule has 4 heterocycles. The molecule has 0 spiro atoms. The van der Waals surface area contributed by atoms with E-state index in [9.17, 15) is 0 Å². The van der Waals surface area contributed by atoms with E-state index in [0.29, 0.717) is 17.5 Å². The first-order valence-corrected chi connectivity index (χ1v) is 10.4. The van der Waals surface area contributed by atoms with Crippen molar-refractivity contribution in [1.29, 1.82) is 0 Å². The fourth-order valence-corrected chi connectivity index (χ4v) is 3.54. The Morgan fingerprint density at radius 1 is 1.29 bits per heavy atom. The molecule has 4 rings (SSSR count). The van der Waals surface area contributed by atoms with E-state index in [2.05, 4.69) is 20.1 Å². The molecule has 1 fully saturated rings. The van der Waals surface area contributed by atoms with Gasteiger partial charge in [0.1, 0.15) is 29.9 Å². The third-order valence-corrected chi connectivity index (χ3v) is 5.46. The van der Waals surface area contributed by atoms with Gasteiger partial charge in [-0.25, -0.2) is 4.99 Å². The first kappa shape index (κ1) is 21.0. The maximum Gasteiger partial charge on any atom is 0.229 e. The van der Waals surface area contributed by atoms with Crippen LogP contribution in [0.1, 0.15) is 29.9 Å². The van der Waals surface area contributed by atoms with Crippen LogP contribution < -0.4 is 5.73 Å². The normalized spacial score (nSPS) is 20.1. The van der Waals surface area contributed by atoms with Crippen LogP contribution in [0.2, 0.25) is 0 Å². The molecule has 0 radical (unpaired) electrons. The molecule has 0 amide bonds. The van der Waals surface area contributed by atoms with Crippen molar-refractivity contribution in [3.8, 4) is 11.3 Å². The van der Waals surface area contributed by atoms with Gasteiger partial charge in [0.05, 0.1) is 17.8 Å². The van der Waals surface area contributed by atoms with Crippen LogP contribution >= 0.6 is 0 Å². The average Bonchev–Trinajstić information content (AvgIpc) is 3.14. The smallest absolute Gasteiger partial charge is 0.229 e. The van der Waals surface area contributed by atoms with Crippen LogP contribution in [-0.4, -0.2) is 59.4 Å². The summed E-state index contributed by atoms with van der Waals surface area (Å²) in [7, 11) is 1.93. The maximum atomic E-state index is 6.26. The maximum absolute atomic E-state index is 6.26. The molecule has 1 unspecified atom stereocenters. The highest BCUT2D eigenvalue weighted by Gasteiger charge is 2.23. The second-order valence-corrected chi connectivity index (χ2v) is 7.80. The minimum atomic E-state index is -0.193. The van der Waals surface area contributed by atoms with Gasteiger partial charge >= 0.3 is 0 Å². The highest BCUT2D eigenvalue weighted by atomic mass is 16.5. The lowest BCUT2D eigenvalue weighted by Gasteiger charge is -2.28. The number of nitrogens with zero attached hydrogens (tertiary/aromatic N) is 5. The summed E-state index contributed by atoms with van der Waals surface area (Å²) < 4.78 is 16.7. The largest absolute Gasteiger partial charge is 0.472 e. The van der Waals surface area contributed by atoms with E-state index in [-0.39, 0.29) is 18.7 Å². The molecule has 9 nitrogen and oxygen atoms in total. The van der Waals surface area contributed by atoms with Crippen LogP contribution in [0.3, 0.4) is 0 Å². The van der Waals surface area contributed by atoms with Gasteiger partial charge in [0, 0.05) is 43.9 Å². The summed E-state index contributed by atoms with van der Waals surface area (Å²) in [5.74, 6) is 1.75. The molecule has 2 aliphatic heterocycles. The van der Waals surface area contributed by atoms with E-state index in [1.54, 1.807) is 12.4 Å². The summed E-state index contributed by atoms with van der Waals surface area (Å²) in [6, 6.07) is 3.93. The van der Waals surface area contributed by atoms with Crippen molar-refractivity contribution < 1.29 is 14.0 Å². The zero-order chi connectivity index (χ0) is 21.8. The predicted molar refractivity (Wildman–Crippen MR) is 118 cm³/mol. The van der Waals surface area contributed by atoms with Gasteiger partial charge in [-0.05, 0) is 38.8 Å². The second-order valence-electron chi connectivity index (χ2n) is 7.80. The van der Waals surface area contributed by atoms with E-state index in [4.69, 9.17) is 19.7 Å². The van der Waals surface area contributed by atoms with E-state index in [1.165, 1.54) is 0 Å². The van der Waals surface area contributed by atoms with Gasteiger partial charge in [0.15, 0.2) is 0 Å². The van der Waals surface area contributed by atoms with Gasteiger partial charge in [-0.3, -0.25) is 9.98 Å². The Hall–Kier alpha value is -3.20. The van der Waals surface area contributed by atoms with Crippen LogP contribution in [0.25, 0.3) is 11.3 Å². The molecule has 31 heavy (non-hydrogen) atoms. The zero-order valence-corrected chi connectivity index (χ0v) is 18.1. The van der Waals surface area contributed by atoms with E-state index in [1.807, 2.05) is 44.1 Å².